The number of amides is 1. The average molecular weight is 488 g/mol. The summed E-state index contributed by atoms with van der Waals surface area (Å²) in [6, 6.07) is 9.92. The molecule has 0 aromatic heterocycles. The summed E-state index contributed by atoms with van der Waals surface area (Å²) in [5, 5.41) is 12.6. The van der Waals surface area contributed by atoms with E-state index < -0.39 is 4.92 Å². The summed E-state index contributed by atoms with van der Waals surface area (Å²) in [6.07, 6.45) is 0. The van der Waals surface area contributed by atoms with Gasteiger partial charge in [0.2, 0.25) is 5.91 Å². The van der Waals surface area contributed by atoms with Crippen LogP contribution in [0.5, 0.6) is 0 Å². The average Bonchev–Trinajstić information content (AvgIpc) is 2.85. The van der Waals surface area contributed by atoms with E-state index in [0.717, 1.165) is 10.9 Å². The van der Waals surface area contributed by atoms with Crippen LogP contribution < -0.4 is 4.90 Å². The number of benzene rings is 2. The van der Waals surface area contributed by atoms with Gasteiger partial charge in [0.05, 0.1) is 0 Å². The maximum absolute atomic E-state index is 11.8. The summed E-state index contributed by atoms with van der Waals surface area (Å²) in [6.45, 7) is 1.88. The first-order valence-corrected chi connectivity index (χ1v) is 7.04. The van der Waals surface area contributed by atoms with Gasteiger partial charge in [-0.05, 0) is 5.92 Å². The monoisotopic (exact) mass is 487 g/mol. The maximum atomic E-state index is 11.8. The molecule has 3 rings (SSSR count). The molecule has 0 bridgehead atoms. The zero-order chi connectivity index (χ0) is 15.1. The van der Waals surface area contributed by atoms with Gasteiger partial charge in [-0.1, -0.05) is 35.3 Å². The smallest absolute Gasteiger partial charge is 0.222 e. The standard InChI is InChI=1S/C15H12ClN2O3.W/c1-9(19)17-8-10(7-16)15-12-5-3-2-4-11(12)13(18(20)21)6-14(15)17;/h2-5,10H,7-8H2,1H3;/q-1;. The van der Waals surface area contributed by atoms with Crippen LogP contribution in [0.2, 0.25) is 0 Å². The van der Waals surface area contributed by atoms with Gasteiger partial charge in [0.1, 0.15) is 0 Å². The van der Waals surface area contributed by atoms with Crippen molar-refractivity contribution in [2.24, 2.45) is 0 Å². The fourth-order valence-electron chi connectivity index (χ4n) is 2.88. The second-order valence-corrected chi connectivity index (χ2v) is 5.33. The van der Waals surface area contributed by atoms with Crippen molar-refractivity contribution >= 4 is 39.7 Å². The molecule has 22 heavy (non-hydrogen) atoms. The molecule has 114 valence electrons. The van der Waals surface area contributed by atoms with Gasteiger partial charge >= 0.3 is 0 Å². The second-order valence-electron chi connectivity index (χ2n) is 5.02. The van der Waals surface area contributed by atoms with Gasteiger partial charge in [0.15, 0.2) is 5.69 Å². The van der Waals surface area contributed by atoms with Crippen LogP contribution in [0.3, 0.4) is 0 Å². The molecule has 1 amide bonds. The second kappa shape index (κ2) is 6.35. The fourth-order valence-corrected chi connectivity index (χ4v) is 3.14. The Kier molecular flexibility index (Phi) is 4.88. The van der Waals surface area contributed by atoms with Crippen LogP contribution in [0.4, 0.5) is 11.4 Å². The summed E-state index contributed by atoms with van der Waals surface area (Å²) < 4.78 is 0. The topological polar surface area (TPSA) is 63.5 Å². The van der Waals surface area contributed by atoms with Gasteiger partial charge in [-0.2, -0.15) is 0 Å². The minimum absolute atomic E-state index is 0. The van der Waals surface area contributed by atoms with E-state index in [1.165, 1.54) is 11.8 Å². The van der Waals surface area contributed by atoms with E-state index >= 15 is 0 Å². The molecule has 1 unspecified atom stereocenters. The molecule has 2 aromatic rings. The van der Waals surface area contributed by atoms with Crippen molar-refractivity contribution in [3.05, 3.63) is 46.0 Å². The molecule has 0 saturated carbocycles. The Morgan fingerprint density at radius 1 is 1.45 bits per heavy atom. The van der Waals surface area contributed by atoms with Crippen molar-refractivity contribution < 1.29 is 30.8 Å². The quantitative estimate of drug-likeness (QED) is 0.283. The third kappa shape index (κ3) is 2.53. The minimum Gasteiger partial charge on any atom is -0.336 e. The molecule has 0 spiro atoms. The Bertz CT molecular complexity index is 766. The Morgan fingerprint density at radius 2 is 2.09 bits per heavy atom. The molecule has 7 heteroatoms. The molecule has 0 aliphatic carbocycles. The predicted octanol–water partition coefficient (Wildman–Crippen LogP) is 3.23. The van der Waals surface area contributed by atoms with E-state index in [-0.39, 0.29) is 38.6 Å². The van der Waals surface area contributed by atoms with E-state index in [1.54, 1.807) is 12.1 Å². The third-order valence-electron chi connectivity index (χ3n) is 3.79. The summed E-state index contributed by atoms with van der Waals surface area (Å²) in [7, 11) is 0. The number of nitrogens with zero attached hydrogens (tertiary/aromatic N) is 2. The number of nitro groups is 1. The van der Waals surface area contributed by atoms with Crippen molar-refractivity contribution in [3.63, 3.8) is 0 Å². The normalized spacial score (nSPS) is 16.3. The van der Waals surface area contributed by atoms with Crippen LogP contribution in [-0.4, -0.2) is 23.3 Å². The number of hydrogen-bond donors (Lipinski definition) is 0. The van der Waals surface area contributed by atoms with Gasteiger partial charge in [-0.15, -0.1) is 28.6 Å². The van der Waals surface area contributed by atoms with E-state index in [2.05, 4.69) is 6.07 Å². The van der Waals surface area contributed by atoms with Crippen LogP contribution >= 0.6 is 11.6 Å². The Morgan fingerprint density at radius 3 is 2.64 bits per heavy atom. The molecule has 0 saturated heterocycles. The Hall–Kier alpha value is -1.45. The number of nitro benzene ring substituents is 1. The number of alkyl halides is 1. The molecule has 0 N–H and O–H groups in total. The summed E-state index contributed by atoms with van der Waals surface area (Å²) in [4.78, 5) is 24.1. The SMILES string of the molecule is CC(=O)N1CC(CCl)c2c1[c-]c([N+](=O)[O-])c1ccccc21.[W]. The largest absolute Gasteiger partial charge is 0.336 e. The Labute approximate surface area is 146 Å². The van der Waals surface area contributed by atoms with Crippen molar-refractivity contribution in [1.82, 2.24) is 0 Å². The van der Waals surface area contributed by atoms with E-state index in [4.69, 9.17) is 11.6 Å². The molecule has 5 nitrogen and oxygen atoms in total. The summed E-state index contributed by atoms with van der Waals surface area (Å²) >= 11 is 6.02. The maximum Gasteiger partial charge on any atom is 0.222 e. The van der Waals surface area contributed by atoms with E-state index in [1.807, 2.05) is 12.1 Å². The molecular formula is C15H12ClN2O3W-. The predicted molar refractivity (Wildman–Crippen MR) is 80.9 cm³/mol. The zero-order valence-corrected chi connectivity index (χ0v) is 15.4. The van der Waals surface area contributed by atoms with Crippen LogP contribution in [0.25, 0.3) is 10.8 Å². The summed E-state index contributed by atoms with van der Waals surface area (Å²) in [5.74, 6) is 0.157. The van der Waals surface area contributed by atoms with Crippen molar-refractivity contribution in [2.45, 2.75) is 12.8 Å². The van der Waals surface area contributed by atoms with E-state index in [9.17, 15) is 14.9 Å². The number of carbonyl (C=O) groups is 1. The van der Waals surface area contributed by atoms with Crippen LogP contribution in [0.15, 0.2) is 24.3 Å². The first-order valence-electron chi connectivity index (χ1n) is 6.51. The van der Waals surface area contributed by atoms with Gasteiger partial charge in [0, 0.05) is 45.3 Å². The number of anilines is 1. The zero-order valence-electron chi connectivity index (χ0n) is 11.7. The van der Waals surface area contributed by atoms with Gasteiger partial charge < -0.3 is 4.90 Å². The van der Waals surface area contributed by atoms with Gasteiger partial charge in [0.25, 0.3) is 0 Å². The van der Waals surface area contributed by atoms with Crippen molar-refractivity contribution in [1.29, 1.82) is 0 Å². The van der Waals surface area contributed by atoms with Crippen molar-refractivity contribution in [3.8, 4) is 0 Å². The molecule has 1 aliphatic heterocycles. The first-order chi connectivity index (χ1) is 10.0. The number of non-ortho nitro benzene ring substituents is 1. The van der Waals surface area contributed by atoms with Crippen LogP contribution in [0.1, 0.15) is 18.4 Å². The van der Waals surface area contributed by atoms with E-state index in [0.29, 0.717) is 23.5 Å². The molecule has 0 radical (unpaired) electrons. The van der Waals surface area contributed by atoms with Crippen LogP contribution in [0, 0.1) is 16.2 Å². The van der Waals surface area contributed by atoms with Gasteiger partial charge in [-0.25, -0.2) is 0 Å². The molecule has 1 aliphatic rings. The molecule has 1 heterocycles. The van der Waals surface area contributed by atoms with Crippen LogP contribution in [-0.2, 0) is 25.9 Å². The first kappa shape index (κ1) is 16.9. The number of hydrogen-bond acceptors (Lipinski definition) is 3. The minimum atomic E-state index is -0.463. The summed E-state index contributed by atoms with van der Waals surface area (Å²) in [5.41, 5.74) is 1.26. The number of rotatable bonds is 2. The Balaban J connectivity index is 0.00000176. The molecule has 2 aromatic carbocycles. The van der Waals surface area contributed by atoms with Crippen molar-refractivity contribution in [2.75, 3.05) is 17.3 Å². The molecular weight excluding hydrogens is 475 g/mol. The molecule has 0 fully saturated rings. The number of carbonyl (C=O) groups excluding carboxylic acids is 1. The van der Waals surface area contributed by atoms with Gasteiger partial charge in [-0.3, -0.25) is 14.9 Å². The molecule has 1 atom stereocenters. The number of fused-ring (bicyclic) bond motifs is 3. The number of halogens is 1. The fraction of sp³-hybridized carbons (Fsp3) is 0.267. The third-order valence-corrected chi connectivity index (χ3v) is 4.17.